The van der Waals surface area contributed by atoms with Gasteiger partial charge in [-0.25, -0.2) is 4.39 Å². The number of benzene rings is 3. The normalized spacial score (nSPS) is 15.1. The van der Waals surface area contributed by atoms with Crippen molar-refractivity contribution in [1.82, 2.24) is 9.69 Å². The van der Waals surface area contributed by atoms with E-state index < -0.39 is 17.8 Å². The van der Waals surface area contributed by atoms with Crippen molar-refractivity contribution < 1.29 is 14.0 Å². The van der Waals surface area contributed by atoms with Gasteiger partial charge in [0.1, 0.15) is 11.5 Å². The highest BCUT2D eigenvalue weighted by molar-refractivity contribution is 9.10. The van der Waals surface area contributed by atoms with Gasteiger partial charge in [0.25, 0.3) is 11.8 Å². The molecule has 5 nitrogen and oxygen atoms in total. The molecule has 0 fully saturated rings. The van der Waals surface area contributed by atoms with E-state index in [4.69, 9.17) is 11.6 Å². The van der Waals surface area contributed by atoms with E-state index in [0.29, 0.717) is 37.6 Å². The van der Waals surface area contributed by atoms with E-state index in [-0.39, 0.29) is 5.91 Å². The Labute approximate surface area is 193 Å². The van der Waals surface area contributed by atoms with Gasteiger partial charge in [-0.05, 0) is 47.9 Å². The molecular weight excluding hydrogens is 505 g/mol. The molecule has 1 aliphatic heterocycles. The average Bonchev–Trinajstić information content (AvgIpc) is 3.31. The fraction of sp³-hybridized carbons (Fsp3) is 0.0455. The molecule has 0 radical (unpaired) electrons. The molecule has 2 heterocycles. The number of carbonyl (C=O) groups is 2. The standard InChI is InChI=1S/C22H12BrClFN3O2S/c23-10-7-14-18(19(27-21(14)29)13-9-11(25)5-6-15(13)24)16(8-10)26-22(30)20-12-3-1-2-4-17(12)31-28-20/h1-9,19H,(H,26,30)(H,27,29). The molecular formula is C22H12BrClFN3O2S. The average molecular weight is 517 g/mol. The third-order valence-electron chi connectivity index (χ3n) is 5.06. The molecule has 9 heteroatoms. The molecule has 0 aliphatic carbocycles. The zero-order chi connectivity index (χ0) is 21.7. The number of rotatable bonds is 3. The Bertz CT molecular complexity index is 1390. The highest BCUT2D eigenvalue weighted by Crippen LogP contribution is 2.41. The van der Waals surface area contributed by atoms with Gasteiger partial charge in [0, 0.05) is 37.3 Å². The predicted molar refractivity (Wildman–Crippen MR) is 122 cm³/mol. The van der Waals surface area contributed by atoms with Crippen molar-refractivity contribution in [2.24, 2.45) is 0 Å². The predicted octanol–water partition coefficient (Wildman–Crippen LogP) is 5.94. The van der Waals surface area contributed by atoms with Crippen molar-refractivity contribution in [2.45, 2.75) is 6.04 Å². The Balaban J connectivity index is 1.61. The lowest BCUT2D eigenvalue weighted by molar-refractivity contribution is 0.0959. The van der Waals surface area contributed by atoms with E-state index in [1.165, 1.54) is 29.7 Å². The Morgan fingerprint density at radius 1 is 1.19 bits per heavy atom. The van der Waals surface area contributed by atoms with Crippen molar-refractivity contribution in [1.29, 1.82) is 0 Å². The molecule has 1 aliphatic rings. The van der Waals surface area contributed by atoms with Crippen LogP contribution in [0, 0.1) is 5.82 Å². The van der Waals surface area contributed by atoms with E-state index in [9.17, 15) is 14.0 Å². The monoisotopic (exact) mass is 515 g/mol. The topological polar surface area (TPSA) is 71.1 Å². The fourth-order valence-corrected chi connectivity index (χ4v) is 5.16. The van der Waals surface area contributed by atoms with Crippen LogP contribution in [0.15, 0.2) is 59.1 Å². The molecule has 1 unspecified atom stereocenters. The maximum atomic E-state index is 13.9. The number of hydrogen-bond donors (Lipinski definition) is 2. The van der Waals surface area contributed by atoms with Crippen LogP contribution in [0.5, 0.6) is 0 Å². The fourth-order valence-electron chi connectivity index (χ4n) is 3.70. The van der Waals surface area contributed by atoms with Crippen LogP contribution in [0.2, 0.25) is 5.02 Å². The first-order chi connectivity index (χ1) is 14.9. The van der Waals surface area contributed by atoms with Crippen molar-refractivity contribution in [2.75, 3.05) is 5.32 Å². The molecule has 3 aromatic carbocycles. The summed E-state index contributed by atoms with van der Waals surface area (Å²) in [6.45, 7) is 0. The molecule has 0 bridgehead atoms. The Hall–Kier alpha value is -2.81. The summed E-state index contributed by atoms with van der Waals surface area (Å²) in [5.41, 5.74) is 2.01. The number of amides is 2. The first kappa shape index (κ1) is 20.1. The maximum absolute atomic E-state index is 13.9. The van der Waals surface area contributed by atoms with Gasteiger partial charge in [-0.3, -0.25) is 9.59 Å². The van der Waals surface area contributed by atoms with Crippen molar-refractivity contribution >= 4 is 66.7 Å². The van der Waals surface area contributed by atoms with Gasteiger partial charge in [-0.1, -0.05) is 45.7 Å². The molecule has 0 saturated carbocycles. The van der Waals surface area contributed by atoms with Crippen LogP contribution in [0.25, 0.3) is 10.1 Å². The SMILES string of the molecule is O=C1NC(c2cc(F)ccc2Cl)c2c(NC(=O)c3nsc4ccccc34)cc(Br)cc21. The maximum Gasteiger partial charge on any atom is 0.276 e. The first-order valence-corrected chi connectivity index (χ1v) is 11.1. The van der Waals surface area contributed by atoms with E-state index >= 15 is 0 Å². The number of aromatic nitrogens is 1. The van der Waals surface area contributed by atoms with Crippen molar-refractivity contribution in [3.05, 3.63) is 92.3 Å². The molecule has 31 heavy (non-hydrogen) atoms. The number of fused-ring (bicyclic) bond motifs is 2. The first-order valence-electron chi connectivity index (χ1n) is 9.17. The van der Waals surface area contributed by atoms with Gasteiger partial charge in [-0.15, -0.1) is 0 Å². The molecule has 2 amide bonds. The molecule has 0 spiro atoms. The van der Waals surface area contributed by atoms with Gasteiger partial charge in [0.05, 0.1) is 10.7 Å². The summed E-state index contributed by atoms with van der Waals surface area (Å²) in [7, 11) is 0. The van der Waals surface area contributed by atoms with E-state index in [0.717, 1.165) is 10.1 Å². The molecule has 2 N–H and O–H groups in total. The lowest BCUT2D eigenvalue weighted by atomic mass is 9.96. The van der Waals surface area contributed by atoms with Gasteiger partial charge in [0.2, 0.25) is 0 Å². The van der Waals surface area contributed by atoms with Gasteiger partial charge in [-0.2, -0.15) is 4.37 Å². The summed E-state index contributed by atoms with van der Waals surface area (Å²) in [4.78, 5) is 25.7. The summed E-state index contributed by atoms with van der Waals surface area (Å²) in [5.74, 6) is -1.21. The summed E-state index contributed by atoms with van der Waals surface area (Å²) in [5, 5.41) is 6.77. The molecule has 154 valence electrons. The van der Waals surface area contributed by atoms with Gasteiger partial charge in [0.15, 0.2) is 0 Å². The summed E-state index contributed by atoms with van der Waals surface area (Å²) in [6.07, 6.45) is 0. The largest absolute Gasteiger partial charge is 0.341 e. The van der Waals surface area contributed by atoms with Crippen LogP contribution in [0.1, 0.15) is 38.0 Å². The minimum atomic E-state index is -0.707. The molecule has 0 saturated heterocycles. The van der Waals surface area contributed by atoms with Crippen molar-refractivity contribution in [3.8, 4) is 0 Å². The quantitative estimate of drug-likeness (QED) is 0.354. The second kappa shape index (κ2) is 7.71. The van der Waals surface area contributed by atoms with E-state index in [2.05, 4.69) is 30.9 Å². The second-order valence-corrected chi connectivity index (χ2v) is 9.10. The minimum absolute atomic E-state index is 0.298. The highest BCUT2D eigenvalue weighted by atomic mass is 79.9. The number of carbonyl (C=O) groups excluding carboxylic acids is 2. The van der Waals surface area contributed by atoms with Crippen LogP contribution in [-0.2, 0) is 0 Å². The number of anilines is 1. The lowest BCUT2D eigenvalue weighted by Crippen LogP contribution is -2.21. The van der Waals surface area contributed by atoms with E-state index in [1.54, 1.807) is 12.1 Å². The zero-order valence-corrected chi connectivity index (χ0v) is 18.7. The van der Waals surface area contributed by atoms with Crippen LogP contribution >= 0.6 is 39.1 Å². The van der Waals surface area contributed by atoms with Crippen LogP contribution in [0.3, 0.4) is 0 Å². The number of hydrogen-bond acceptors (Lipinski definition) is 4. The third-order valence-corrected chi connectivity index (χ3v) is 6.69. The van der Waals surface area contributed by atoms with E-state index in [1.807, 2.05) is 24.3 Å². The summed E-state index contributed by atoms with van der Waals surface area (Å²) >= 11 is 10.9. The van der Waals surface area contributed by atoms with Gasteiger partial charge < -0.3 is 10.6 Å². The summed E-state index contributed by atoms with van der Waals surface area (Å²) in [6, 6.07) is 14.1. The number of nitrogens with zero attached hydrogens (tertiary/aromatic N) is 1. The third kappa shape index (κ3) is 3.50. The van der Waals surface area contributed by atoms with Crippen molar-refractivity contribution in [3.63, 3.8) is 0 Å². The minimum Gasteiger partial charge on any atom is -0.341 e. The van der Waals surface area contributed by atoms with Gasteiger partial charge >= 0.3 is 0 Å². The van der Waals surface area contributed by atoms with Crippen LogP contribution in [-0.4, -0.2) is 16.2 Å². The lowest BCUT2D eigenvalue weighted by Gasteiger charge is -2.18. The molecule has 4 aromatic rings. The molecule has 1 atom stereocenters. The second-order valence-electron chi connectivity index (χ2n) is 6.97. The van der Waals surface area contributed by atoms with Crippen LogP contribution < -0.4 is 10.6 Å². The highest BCUT2D eigenvalue weighted by Gasteiger charge is 2.34. The summed E-state index contributed by atoms with van der Waals surface area (Å²) < 4.78 is 19.7. The number of halogens is 3. The zero-order valence-electron chi connectivity index (χ0n) is 15.6. The Morgan fingerprint density at radius 2 is 2.00 bits per heavy atom. The van der Waals surface area contributed by atoms with Crippen LogP contribution in [0.4, 0.5) is 10.1 Å². The Morgan fingerprint density at radius 3 is 2.84 bits per heavy atom. The Kier molecular flexibility index (Phi) is 5.00. The smallest absolute Gasteiger partial charge is 0.276 e. The molecule has 5 rings (SSSR count). The number of nitrogens with one attached hydrogen (secondary N) is 2. The molecule has 1 aromatic heterocycles.